The molecular weight excluding hydrogens is 520 g/mol. The topological polar surface area (TPSA) is 99.1 Å². The molecule has 41 heavy (non-hydrogen) atoms. The van der Waals surface area contributed by atoms with E-state index >= 15 is 0 Å². The molecule has 0 unspecified atom stereocenters. The van der Waals surface area contributed by atoms with Crippen LogP contribution < -0.4 is 4.74 Å². The standard InChI is InChI=1S/C34H40O7/c1-5-7-8-9-10-23(3)40-34(38)28-17-20-30(32(35)36)31(22-28)27-13-11-25(12-14-27)26-15-18-29(19-16-26)41-33(37)24(4)39-21-6-2/h11-20,22-24H,5-10,21H2,1-4H3,(H,35,36)/t23-,24-/m0/s1. The first-order valence-electron chi connectivity index (χ1n) is 14.4. The van der Waals surface area contributed by atoms with Crippen molar-refractivity contribution in [3.8, 4) is 28.0 Å². The van der Waals surface area contributed by atoms with Gasteiger partial charge in [-0.1, -0.05) is 69.5 Å². The highest BCUT2D eigenvalue weighted by Crippen LogP contribution is 2.30. The van der Waals surface area contributed by atoms with Gasteiger partial charge in [-0.2, -0.15) is 0 Å². The molecule has 0 fully saturated rings. The van der Waals surface area contributed by atoms with Gasteiger partial charge >= 0.3 is 17.9 Å². The summed E-state index contributed by atoms with van der Waals surface area (Å²) in [5.41, 5.74) is 3.32. The second kappa shape index (κ2) is 15.7. The third-order valence-corrected chi connectivity index (χ3v) is 6.76. The summed E-state index contributed by atoms with van der Waals surface area (Å²) in [7, 11) is 0. The number of hydrogen-bond acceptors (Lipinski definition) is 6. The van der Waals surface area contributed by atoms with Crippen molar-refractivity contribution in [1.29, 1.82) is 0 Å². The SMILES string of the molecule is CCCCCC[C@H](C)OC(=O)c1ccc(C(=O)O)c(-c2ccc(-c3ccc(OC(=O)[C@H](C)OCCC)cc3)cc2)c1. The van der Waals surface area contributed by atoms with E-state index in [1.165, 1.54) is 12.1 Å². The molecule has 0 heterocycles. The van der Waals surface area contributed by atoms with Gasteiger partial charge in [0.25, 0.3) is 0 Å². The van der Waals surface area contributed by atoms with E-state index in [1.807, 2.05) is 50.2 Å². The Morgan fingerprint density at radius 1 is 0.780 bits per heavy atom. The molecule has 0 amide bonds. The highest BCUT2D eigenvalue weighted by Gasteiger charge is 2.18. The number of ether oxygens (including phenoxy) is 3. The number of hydrogen-bond donors (Lipinski definition) is 1. The van der Waals surface area contributed by atoms with Crippen LogP contribution >= 0.6 is 0 Å². The highest BCUT2D eigenvalue weighted by atomic mass is 16.6. The van der Waals surface area contributed by atoms with Gasteiger partial charge < -0.3 is 19.3 Å². The van der Waals surface area contributed by atoms with Gasteiger partial charge in [-0.05, 0) is 85.7 Å². The summed E-state index contributed by atoms with van der Waals surface area (Å²) in [5.74, 6) is -1.56. The molecule has 0 radical (unpaired) electrons. The van der Waals surface area contributed by atoms with Gasteiger partial charge in [0.05, 0.1) is 17.2 Å². The molecular formula is C34H40O7. The van der Waals surface area contributed by atoms with Crippen LogP contribution in [0.25, 0.3) is 22.3 Å². The van der Waals surface area contributed by atoms with Gasteiger partial charge in [0.2, 0.25) is 0 Å². The Bertz CT molecular complexity index is 1300. The quantitative estimate of drug-likeness (QED) is 0.114. The fourth-order valence-corrected chi connectivity index (χ4v) is 4.38. The molecule has 0 aromatic heterocycles. The molecule has 0 bridgehead atoms. The molecule has 7 heteroatoms. The Kier molecular flexibility index (Phi) is 12.1. The maximum atomic E-state index is 12.8. The first-order chi connectivity index (χ1) is 19.7. The minimum Gasteiger partial charge on any atom is -0.478 e. The molecule has 3 aromatic rings. The lowest BCUT2D eigenvalue weighted by atomic mass is 9.95. The Morgan fingerprint density at radius 2 is 1.41 bits per heavy atom. The fourth-order valence-electron chi connectivity index (χ4n) is 4.38. The average Bonchev–Trinajstić information content (AvgIpc) is 2.98. The Morgan fingerprint density at radius 3 is 2.02 bits per heavy atom. The number of benzene rings is 3. The van der Waals surface area contributed by atoms with Crippen molar-refractivity contribution in [3.05, 3.63) is 77.9 Å². The third kappa shape index (κ3) is 9.29. The van der Waals surface area contributed by atoms with Crippen LogP contribution in [-0.4, -0.2) is 41.8 Å². The lowest BCUT2D eigenvalue weighted by molar-refractivity contribution is -0.146. The smallest absolute Gasteiger partial charge is 0.340 e. The van der Waals surface area contributed by atoms with Crippen LogP contribution in [0.1, 0.15) is 86.9 Å². The minimum absolute atomic E-state index is 0.102. The molecule has 0 saturated carbocycles. The molecule has 2 atom stereocenters. The largest absolute Gasteiger partial charge is 0.478 e. The molecule has 0 aliphatic carbocycles. The van der Waals surface area contributed by atoms with Gasteiger partial charge in [0.1, 0.15) is 5.75 Å². The summed E-state index contributed by atoms with van der Waals surface area (Å²) in [6.45, 7) is 8.16. The van der Waals surface area contributed by atoms with Crippen LogP contribution in [0.2, 0.25) is 0 Å². The van der Waals surface area contributed by atoms with Crippen LogP contribution in [0.4, 0.5) is 0 Å². The van der Waals surface area contributed by atoms with Crippen LogP contribution in [0.5, 0.6) is 5.75 Å². The van der Waals surface area contributed by atoms with Gasteiger partial charge in [-0.15, -0.1) is 0 Å². The summed E-state index contributed by atoms with van der Waals surface area (Å²) in [5, 5.41) is 9.78. The summed E-state index contributed by atoms with van der Waals surface area (Å²) in [6.07, 6.45) is 5.17. The molecule has 0 spiro atoms. The maximum Gasteiger partial charge on any atom is 0.340 e. The number of carbonyl (C=O) groups is 3. The molecule has 0 saturated heterocycles. The first kappa shape index (κ1) is 31.6. The van der Waals surface area contributed by atoms with Gasteiger partial charge in [0.15, 0.2) is 6.10 Å². The third-order valence-electron chi connectivity index (χ3n) is 6.76. The lowest BCUT2D eigenvalue weighted by Gasteiger charge is -2.15. The fraction of sp³-hybridized carbons (Fsp3) is 0.382. The number of carbonyl (C=O) groups excluding carboxylic acids is 2. The molecule has 3 rings (SSSR count). The molecule has 0 aliphatic heterocycles. The summed E-state index contributed by atoms with van der Waals surface area (Å²) in [6, 6.07) is 19.1. The van der Waals surface area contributed by atoms with Crippen LogP contribution in [0.15, 0.2) is 66.7 Å². The molecule has 218 valence electrons. The molecule has 7 nitrogen and oxygen atoms in total. The van der Waals surface area contributed by atoms with Crippen LogP contribution in [0, 0.1) is 0 Å². The first-order valence-corrected chi connectivity index (χ1v) is 14.4. The maximum absolute atomic E-state index is 12.8. The van der Waals surface area contributed by atoms with E-state index in [4.69, 9.17) is 14.2 Å². The van der Waals surface area contributed by atoms with Crippen LogP contribution in [0.3, 0.4) is 0 Å². The monoisotopic (exact) mass is 560 g/mol. The highest BCUT2D eigenvalue weighted by molar-refractivity contribution is 5.99. The van der Waals surface area contributed by atoms with Gasteiger partial charge in [-0.3, -0.25) is 0 Å². The van der Waals surface area contributed by atoms with Crippen molar-refractivity contribution in [1.82, 2.24) is 0 Å². The zero-order chi connectivity index (χ0) is 29.8. The van der Waals surface area contributed by atoms with Crippen molar-refractivity contribution < 1.29 is 33.7 Å². The Labute approximate surface area is 242 Å². The zero-order valence-corrected chi connectivity index (χ0v) is 24.4. The summed E-state index contributed by atoms with van der Waals surface area (Å²) in [4.78, 5) is 37.0. The van der Waals surface area contributed by atoms with Crippen LogP contribution in [-0.2, 0) is 14.3 Å². The predicted octanol–water partition coefficient (Wildman–Crippen LogP) is 7.96. The summed E-state index contributed by atoms with van der Waals surface area (Å²) < 4.78 is 16.4. The zero-order valence-electron chi connectivity index (χ0n) is 24.4. The van der Waals surface area contributed by atoms with Crippen molar-refractivity contribution in [2.24, 2.45) is 0 Å². The number of rotatable bonds is 15. The normalized spacial score (nSPS) is 12.4. The number of esters is 2. The van der Waals surface area contributed by atoms with E-state index in [0.717, 1.165) is 49.7 Å². The van der Waals surface area contributed by atoms with Gasteiger partial charge in [0, 0.05) is 6.61 Å². The lowest BCUT2D eigenvalue weighted by Crippen LogP contribution is -2.26. The van der Waals surface area contributed by atoms with Crippen molar-refractivity contribution in [3.63, 3.8) is 0 Å². The minimum atomic E-state index is -1.08. The van der Waals surface area contributed by atoms with E-state index in [2.05, 4.69) is 6.92 Å². The van der Waals surface area contributed by atoms with Crippen molar-refractivity contribution in [2.75, 3.05) is 6.61 Å². The van der Waals surface area contributed by atoms with E-state index in [9.17, 15) is 19.5 Å². The molecule has 3 aromatic carbocycles. The van der Waals surface area contributed by atoms with E-state index in [0.29, 0.717) is 29.0 Å². The Hall–Kier alpha value is -3.97. The number of unbranched alkanes of at least 4 members (excludes halogenated alkanes) is 3. The van der Waals surface area contributed by atoms with E-state index in [-0.39, 0.29) is 11.7 Å². The van der Waals surface area contributed by atoms with Crippen molar-refractivity contribution in [2.45, 2.75) is 78.4 Å². The predicted molar refractivity (Wildman–Crippen MR) is 159 cm³/mol. The van der Waals surface area contributed by atoms with E-state index in [1.54, 1.807) is 25.1 Å². The van der Waals surface area contributed by atoms with Crippen molar-refractivity contribution >= 4 is 17.9 Å². The average molecular weight is 561 g/mol. The Balaban J connectivity index is 1.73. The van der Waals surface area contributed by atoms with Gasteiger partial charge in [-0.25, -0.2) is 14.4 Å². The molecule has 0 aliphatic rings. The number of carboxylic acids is 1. The second-order valence-corrected chi connectivity index (χ2v) is 10.2. The molecule has 1 N–H and O–H groups in total. The number of aromatic carboxylic acids is 1. The number of carboxylic acid groups (broad SMARTS) is 1. The van der Waals surface area contributed by atoms with E-state index < -0.39 is 24.0 Å². The second-order valence-electron chi connectivity index (χ2n) is 10.2. The summed E-state index contributed by atoms with van der Waals surface area (Å²) >= 11 is 0.